The van der Waals surface area contributed by atoms with Gasteiger partial charge in [-0.05, 0) is 97.6 Å². The topological polar surface area (TPSA) is 85.3 Å². The molecule has 0 saturated heterocycles. The zero-order valence-corrected chi connectivity index (χ0v) is 35.8. The fourth-order valence-corrected chi connectivity index (χ4v) is 7.03. The summed E-state index contributed by atoms with van der Waals surface area (Å²) in [5, 5.41) is 9.56. The van der Waals surface area contributed by atoms with Crippen molar-refractivity contribution < 1.29 is 28.9 Å². The monoisotopic (exact) mass is 752 g/mol. The number of hydrogen-bond donors (Lipinski definition) is 1. The molecule has 0 aliphatic heterocycles. The van der Waals surface area contributed by atoms with Crippen LogP contribution >= 0.6 is 0 Å². The number of unbranched alkanes of at least 4 members (excludes halogenated alkanes) is 21. The van der Waals surface area contributed by atoms with Gasteiger partial charge >= 0.3 is 11.9 Å². The average Bonchev–Trinajstić information content (AvgIpc) is 3.12. The summed E-state index contributed by atoms with van der Waals surface area (Å²) >= 11 is 0. The highest BCUT2D eigenvalue weighted by atomic mass is 16.5. The predicted octanol–water partition coefficient (Wildman–Crippen LogP) is 12.8. The molecule has 0 aromatic carbocycles. The first kappa shape index (κ1) is 51.4. The summed E-state index contributed by atoms with van der Waals surface area (Å²) in [5.41, 5.74) is 0. The van der Waals surface area contributed by atoms with E-state index in [2.05, 4.69) is 25.3 Å². The molecule has 314 valence electrons. The molecule has 0 aliphatic rings. The minimum absolute atomic E-state index is 0.00247. The van der Waals surface area contributed by atoms with E-state index in [-0.39, 0.29) is 30.8 Å². The molecule has 0 saturated carbocycles. The smallest absolute Gasteiger partial charge is 0.306 e. The molecule has 0 bridgehead atoms. The first-order chi connectivity index (χ1) is 25.8. The first-order valence-corrected chi connectivity index (χ1v) is 22.8. The molecule has 7 nitrogen and oxygen atoms in total. The third kappa shape index (κ3) is 38.5. The van der Waals surface area contributed by atoms with Crippen LogP contribution in [0.4, 0.5) is 0 Å². The maximum Gasteiger partial charge on any atom is 0.306 e. The number of esters is 2. The van der Waals surface area contributed by atoms with Crippen molar-refractivity contribution in [2.75, 3.05) is 32.8 Å². The van der Waals surface area contributed by atoms with E-state index >= 15 is 0 Å². The van der Waals surface area contributed by atoms with E-state index in [1.165, 1.54) is 103 Å². The molecule has 1 N–H and O–H groups in total. The number of allylic oxidation sites excluding steroid dienone is 1. The molecular formula is C46H89NO6. The lowest BCUT2D eigenvalue weighted by Crippen LogP contribution is -2.29. The van der Waals surface area contributed by atoms with Gasteiger partial charge in [0.15, 0.2) is 0 Å². The molecule has 0 rings (SSSR count). The van der Waals surface area contributed by atoms with Gasteiger partial charge in [-0.1, -0.05) is 136 Å². The van der Waals surface area contributed by atoms with E-state index < -0.39 is 0 Å². The largest absolute Gasteiger partial charge is 0.499 e. The molecule has 1 atom stereocenters. The molecule has 53 heavy (non-hydrogen) atoms. The van der Waals surface area contributed by atoms with Crippen molar-refractivity contribution in [3.63, 3.8) is 0 Å². The Labute approximate surface area is 329 Å². The van der Waals surface area contributed by atoms with Crippen molar-refractivity contribution in [1.29, 1.82) is 0 Å². The molecule has 0 radical (unpaired) electrons. The minimum Gasteiger partial charge on any atom is -0.499 e. The Kier molecular flexibility index (Phi) is 38.9. The average molecular weight is 752 g/mol. The van der Waals surface area contributed by atoms with Crippen molar-refractivity contribution in [3.8, 4) is 0 Å². The summed E-state index contributed by atoms with van der Waals surface area (Å²) in [6.07, 6.45) is 34.7. The number of rotatable bonds is 42. The second-order valence-electron chi connectivity index (χ2n) is 15.9. The lowest BCUT2D eigenvalue weighted by Gasteiger charge is -2.21. The summed E-state index contributed by atoms with van der Waals surface area (Å²) in [6.45, 7) is 15.8. The molecule has 0 aromatic heterocycles. The Morgan fingerprint density at radius 2 is 0.962 bits per heavy atom. The van der Waals surface area contributed by atoms with Crippen LogP contribution in [-0.4, -0.2) is 67.0 Å². The standard InChI is InChI=1S/C46H89NO6/c1-6-8-10-12-18-25-33-44(34-26-19-13-11-9-7-2)53-46(50)36-27-20-16-21-29-37-47(39-40-48)38-30-23-28-35-45(49)52-43(5)32-24-17-14-15-22-31-41-51-42(3)4/h43-44,48H,3,6-41H2,1-2,4-5H3. The van der Waals surface area contributed by atoms with Gasteiger partial charge in [-0.2, -0.15) is 0 Å². The van der Waals surface area contributed by atoms with Crippen LogP contribution in [0.2, 0.25) is 0 Å². The maximum atomic E-state index is 12.7. The van der Waals surface area contributed by atoms with Crippen molar-refractivity contribution in [3.05, 3.63) is 12.3 Å². The number of hydrogen-bond acceptors (Lipinski definition) is 7. The summed E-state index contributed by atoms with van der Waals surface area (Å²) in [5.74, 6) is 0.721. The van der Waals surface area contributed by atoms with Crippen molar-refractivity contribution in [1.82, 2.24) is 4.90 Å². The fourth-order valence-electron chi connectivity index (χ4n) is 7.03. The molecule has 0 heterocycles. The van der Waals surface area contributed by atoms with Crippen LogP contribution in [0.1, 0.15) is 227 Å². The Morgan fingerprint density at radius 1 is 0.547 bits per heavy atom. The van der Waals surface area contributed by atoms with E-state index in [9.17, 15) is 14.7 Å². The second-order valence-corrected chi connectivity index (χ2v) is 15.9. The number of carbonyl (C=O) groups excluding carboxylic acids is 2. The maximum absolute atomic E-state index is 12.7. The van der Waals surface area contributed by atoms with Gasteiger partial charge < -0.3 is 24.2 Å². The third-order valence-corrected chi connectivity index (χ3v) is 10.4. The zero-order chi connectivity index (χ0) is 39.0. The van der Waals surface area contributed by atoms with Gasteiger partial charge in [-0.25, -0.2) is 0 Å². The highest BCUT2D eigenvalue weighted by Gasteiger charge is 2.15. The van der Waals surface area contributed by atoms with Gasteiger partial charge in [-0.3, -0.25) is 9.59 Å². The Hall–Kier alpha value is -1.60. The second kappa shape index (κ2) is 40.1. The third-order valence-electron chi connectivity index (χ3n) is 10.4. The highest BCUT2D eigenvalue weighted by molar-refractivity contribution is 5.69. The van der Waals surface area contributed by atoms with Crippen molar-refractivity contribution in [2.24, 2.45) is 0 Å². The van der Waals surface area contributed by atoms with Crippen molar-refractivity contribution >= 4 is 11.9 Å². The molecule has 0 spiro atoms. The van der Waals surface area contributed by atoms with E-state index in [1.807, 2.05) is 13.8 Å². The zero-order valence-electron chi connectivity index (χ0n) is 35.8. The summed E-state index contributed by atoms with van der Waals surface area (Å²) in [6, 6.07) is 0. The van der Waals surface area contributed by atoms with Gasteiger partial charge in [0.1, 0.15) is 6.10 Å². The number of carbonyl (C=O) groups is 2. The number of nitrogens with zero attached hydrogens (tertiary/aromatic N) is 1. The Balaban J connectivity index is 4.01. The van der Waals surface area contributed by atoms with Gasteiger partial charge in [0.05, 0.1) is 25.1 Å². The molecule has 0 fully saturated rings. The molecule has 0 aromatic rings. The number of ether oxygens (including phenoxy) is 3. The number of aliphatic hydroxyl groups excluding tert-OH is 1. The van der Waals surface area contributed by atoms with E-state index in [0.717, 1.165) is 109 Å². The van der Waals surface area contributed by atoms with Crippen LogP contribution in [0.3, 0.4) is 0 Å². The first-order valence-electron chi connectivity index (χ1n) is 22.8. The van der Waals surface area contributed by atoms with Gasteiger partial charge in [-0.15, -0.1) is 0 Å². The lowest BCUT2D eigenvalue weighted by atomic mass is 10.0. The minimum atomic E-state index is -0.0726. The Bertz CT molecular complexity index is 804. The van der Waals surface area contributed by atoms with E-state index in [4.69, 9.17) is 14.2 Å². The molecule has 0 aliphatic carbocycles. The molecule has 0 amide bonds. The quantitative estimate of drug-likeness (QED) is 0.0377. The van der Waals surface area contributed by atoms with E-state index in [0.29, 0.717) is 19.4 Å². The van der Waals surface area contributed by atoms with E-state index in [1.54, 1.807) is 0 Å². The Morgan fingerprint density at radius 3 is 1.47 bits per heavy atom. The van der Waals surface area contributed by atoms with Crippen LogP contribution in [-0.2, 0) is 23.8 Å². The van der Waals surface area contributed by atoms with Gasteiger partial charge in [0.2, 0.25) is 0 Å². The summed E-state index contributed by atoms with van der Waals surface area (Å²) in [4.78, 5) is 27.4. The lowest BCUT2D eigenvalue weighted by molar-refractivity contribution is -0.150. The highest BCUT2D eigenvalue weighted by Crippen LogP contribution is 2.19. The van der Waals surface area contributed by atoms with Crippen LogP contribution in [0.25, 0.3) is 0 Å². The fraction of sp³-hybridized carbons (Fsp3) is 0.913. The SMILES string of the molecule is C=C(C)OCCCCCCCCC(C)OC(=O)CCCCCN(CCO)CCCCCCCC(=O)OC(CCCCCCCC)CCCCCCCC. The van der Waals surface area contributed by atoms with Crippen LogP contribution in [0.15, 0.2) is 12.3 Å². The normalized spacial score (nSPS) is 12.1. The molecule has 1 unspecified atom stereocenters. The predicted molar refractivity (Wildman–Crippen MR) is 224 cm³/mol. The van der Waals surface area contributed by atoms with Gasteiger partial charge in [0.25, 0.3) is 0 Å². The van der Waals surface area contributed by atoms with Gasteiger partial charge in [0, 0.05) is 19.4 Å². The number of aliphatic hydroxyl groups is 1. The van der Waals surface area contributed by atoms with Crippen LogP contribution < -0.4 is 0 Å². The van der Waals surface area contributed by atoms with Crippen LogP contribution in [0, 0.1) is 0 Å². The molecule has 7 heteroatoms. The summed E-state index contributed by atoms with van der Waals surface area (Å²) in [7, 11) is 0. The molecular weight excluding hydrogens is 663 g/mol. The van der Waals surface area contributed by atoms with Crippen LogP contribution in [0.5, 0.6) is 0 Å². The summed E-state index contributed by atoms with van der Waals surface area (Å²) < 4.78 is 17.1. The van der Waals surface area contributed by atoms with Crippen molar-refractivity contribution in [2.45, 2.75) is 239 Å².